The fourth-order valence-electron chi connectivity index (χ4n) is 6.30. The topological polar surface area (TPSA) is 98.2 Å². The third-order valence-corrected chi connectivity index (χ3v) is 10.9. The van der Waals surface area contributed by atoms with Crippen LogP contribution in [0, 0.1) is 25.7 Å². The summed E-state index contributed by atoms with van der Waals surface area (Å²) in [5.41, 5.74) is 2.73. The number of thioether (sulfide) groups is 1. The van der Waals surface area contributed by atoms with E-state index in [4.69, 9.17) is 0 Å². The standard InChI is InChI=1S/C26H33BrN2O5S/c1-4-11-28(20-15(2)9-8-10-16(20)3)24(32)22-26-14-17(27)21(35-26)18(25(33)34)19(26)23(31)29(22)12-6-5-7-13-30/h4,8-10,17-19,21-22,30H,1,5-7,11-14H2,2-3H3,(H,33,34)/t17?,18-,19-,21-,22?,26?/m0/s1. The summed E-state index contributed by atoms with van der Waals surface area (Å²) in [6, 6.07) is 5.12. The van der Waals surface area contributed by atoms with Gasteiger partial charge in [0.05, 0.1) is 16.6 Å². The minimum Gasteiger partial charge on any atom is -0.481 e. The number of para-hydroxylation sites is 1. The summed E-state index contributed by atoms with van der Waals surface area (Å²) in [4.78, 5) is 43.9. The first kappa shape index (κ1) is 26.2. The molecular formula is C26H33BrN2O5S. The van der Waals surface area contributed by atoms with Gasteiger partial charge < -0.3 is 20.0 Å². The van der Waals surface area contributed by atoms with Gasteiger partial charge in [0.15, 0.2) is 0 Å². The molecule has 3 aliphatic rings. The highest BCUT2D eigenvalue weighted by Crippen LogP contribution is 2.67. The van der Waals surface area contributed by atoms with Crippen LogP contribution in [0.4, 0.5) is 5.69 Å². The van der Waals surface area contributed by atoms with Crippen molar-refractivity contribution in [1.29, 1.82) is 0 Å². The highest BCUT2D eigenvalue weighted by atomic mass is 79.9. The molecule has 0 radical (unpaired) electrons. The number of carbonyl (C=O) groups excluding carboxylic acids is 2. The first-order valence-corrected chi connectivity index (χ1v) is 13.9. The van der Waals surface area contributed by atoms with Gasteiger partial charge in [-0.3, -0.25) is 14.4 Å². The van der Waals surface area contributed by atoms with E-state index in [1.54, 1.807) is 15.9 Å². The number of aliphatic carboxylic acids is 1. The smallest absolute Gasteiger partial charge is 0.308 e. The van der Waals surface area contributed by atoms with E-state index in [1.165, 1.54) is 11.8 Å². The van der Waals surface area contributed by atoms with Gasteiger partial charge in [-0.25, -0.2) is 0 Å². The largest absolute Gasteiger partial charge is 0.481 e. The van der Waals surface area contributed by atoms with Crippen LogP contribution in [-0.4, -0.2) is 73.5 Å². The van der Waals surface area contributed by atoms with Crippen LogP contribution in [-0.2, 0) is 14.4 Å². The summed E-state index contributed by atoms with van der Waals surface area (Å²) in [6.07, 6.45) is 4.26. The Hall–Kier alpha value is -1.84. The summed E-state index contributed by atoms with van der Waals surface area (Å²) >= 11 is 5.20. The summed E-state index contributed by atoms with van der Waals surface area (Å²) < 4.78 is -0.789. The second-order valence-corrected chi connectivity index (χ2v) is 12.5. The van der Waals surface area contributed by atoms with Crippen molar-refractivity contribution in [2.75, 3.05) is 24.6 Å². The van der Waals surface area contributed by atoms with Crippen LogP contribution >= 0.6 is 27.7 Å². The number of anilines is 1. The first-order chi connectivity index (χ1) is 16.7. The molecule has 6 atom stereocenters. The number of halogens is 1. The number of aliphatic hydroxyl groups is 1. The van der Waals surface area contributed by atoms with Crippen LogP contribution in [0.2, 0.25) is 0 Å². The van der Waals surface area contributed by atoms with Gasteiger partial charge in [-0.05, 0) is 50.7 Å². The summed E-state index contributed by atoms with van der Waals surface area (Å²) in [7, 11) is 0. The van der Waals surface area contributed by atoms with E-state index >= 15 is 0 Å². The number of nitrogens with zero attached hydrogens (tertiary/aromatic N) is 2. The number of rotatable bonds is 10. The molecule has 1 aromatic carbocycles. The molecule has 0 aliphatic carbocycles. The van der Waals surface area contributed by atoms with Crippen molar-refractivity contribution in [2.45, 2.75) is 60.4 Å². The monoisotopic (exact) mass is 564 g/mol. The Morgan fingerprint density at radius 1 is 1.29 bits per heavy atom. The Balaban J connectivity index is 1.79. The average molecular weight is 566 g/mol. The second kappa shape index (κ2) is 10.3. The van der Waals surface area contributed by atoms with E-state index in [-0.39, 0.29) is 28.5 Å². The molecule has 3 aliphatic heterocycles. The number of carbonyl (C=O) groups is 3. The van der Waals surface area contributed by atoms with Gasteiger partial charge in [0, 0.05) is 35.5 Å². The lowest BCUT2D eigenvalue weighted by atomic mass is 9.71. The summed E-state index contributed by atoms with van der Waals surface area (Å²) in [6.45, 7) is 8.53. The maximum Gasteiger partial charge on any atom is 0.308 e. The van der Waals surface area contributed by atoms with Gasteiger partial charge in [-0.1, -0.05) is 40.2 Å². The Labute approximate surface area is 219 Å². The van der Waals surface area contributed by atoms with Crippen molar-refractivity contribution < 1.29 is 24.6 Å². The van der Waals surface area contributed by atoms with E-state index in [1.807, 2.05) is 32.0 Å². The van der Waals surface area contributed by atoms with Gasteiger partial charge in [-0.2, -0.15) is 0 Å². The Morgan fingerprint density at radius 3 is 2.57 bits per heavy atom. The molecule has 190 valence electrons. The molecule has 0 saturated carbocycles. The highest BCUT2D eigenvalue weighted by molar-refractivity contribution is 9.09. The zero-order valence-corrected chi connectivity index (χ0v) is 22.6. The molecule has 2 N–H and O–H groups in total. The maximum atomic E-state index is 14.5. The Bertz CT molecular complexity index is 1010. The molecule has 3 saturated heterocycles. The van der Waals surface area contributed by atoms with Crippen LogP contribution in [0.5, 0.6) is 0 Å². The van der Waals surface area contributed by atoms with Gasteiger partial charge in [0.2, 0.25) is 5.91 Å². The average Bonchev–Trinajstić information content (AvgIpc) is 3.39. The first-order valence-electron chi connectivity index (χ1n) is 12.1. The molecule has 9 heteroatoms. The van der Waals surface area contributed by atoms with Crippen LogP contribution in [0.3, 0.4) is 0 Å². The quantitative estimate of drug-likeness (QED) is 0.256. The van der Waals surface area contributed by atoms with Crippen LogP contribution < -0.4 is 4.90 Å². The SMILES string of the molecule is C=CCN(C(=O)C1N(CCCCCO)C(=O)[C@@H]2[C@H](C(=O)O)[C@H]3SC12CC3Br)c1c(C)cccc1C. The van der Waals surface area contributed by atoms with Gasteiger partial charge in [0.25, 0.3) is 5.91 Å². The molecule has 2 bridgehead atoms. The number of benzene rings is 1. The third-order valence-electron chi connectivity index (χ3n) is 7.65. The number of amides is 2. The lowest BCUT2D eigenvalue weighted by Gasteiger charge is -2.38. The number of hydrogen-bond acceptors (Lipinski definition) is 5. The van der Waals surface area contributed by atoms with Gasteiger partial charge >= 0.3 is 5.97 Å². The predicted octanol–water partition coefficient (Wildman–Crippen LogP) is 3.53. The fraction of sp³-hybridized carbons (Fsp3) is 0.577. The van der Waals surface area contributed by atoms with E-state index in [9.17, 15) is 24.6 Å². The molecule has 1 spiro atoms. The third kappa shape index (κ3) is 4.23. The number of alkyl halides is 1. The summed E-state index contributed by atoms with van der Waals surface area (Å²) in [5.74, 6) is -2.93. The molecule has 0 aromatic heterocycles. The van der Waals surface area contributed by atoms with Crippen LogP contribution in [0.25, 0.3) is 0 Å². The summed E-state index contributed by atoms with van der Waals surface area (Å²) in [5, 5.41) is 19.0. The number of carboxylic acids is 1. The number of aryl methyl sites for hydroxylation is 2. The Kier molecular flexibility index (Phi) is 7.69. The molecule has 35 heavy (non-hydrogen) atoms. The highest BCUT2D eigenvalue weighted by Gasteiger charge is 2.76. The zero-order valence-electron chi connectivity index (χ0n) is 20.2. The molecule has 3 fully saturated rings. The minimum atomic E-state index is -0.974. The normalized spacial score (nSPS) is 31.0. The fourth-order valence-corrected chi connectivity index (χ4v) is 9.90. The molecule has 4 rings (SSSR count). The second-order valence-electron chi connectivity index (χ2n) is 9.80. The number of fused-ring (bicyclic) bond motifs is 1. The number of carboxylic acid groups (broad SMARTS) is 1. The number of aliphatic hydroxyl groups excluding tert-OH is 1. The number of likely N-dealkylation sites (tertiary alicyclic amines) is 1. The van der Waals surface area contributed by atoms with Crippen LogP contribution in [0.1, 0.15) is 36.8 Å². The van der Waals surface area contributed by atoms with Gasteiger partial charge in [0.1, 0.15) is 6.04 Å². The van der Waals surface area contributed by atoms with Crippen molar-refractivity contribution in [1.82, 2.24) is 4.90 Å². The van der Waals surface area contributed by atoms with Crippen LogP contribution in [0.15, 0.2) is 30.9 Å². The van der Waals surface area contributed by atoms with Crippen molar-refractivity contribution in [3.63, 3.8) is 0 Å². The molecule has 3 unspecified atom stereocenters. The lowest BCUT2D eigenvalue weighted by molar-refractivity contribution is -0.148. The molecule has 1 aromatic rings. The van der Waals surface area contributed by atoms with E-state index in [2.05, 4.69) is 22.5 Å². The number of hydrogen-bond donors (Lipinski definition) is 2. The lowest BCUT2D eigenvalue weighted by Crippen LogP contribution is -2.55. The van der Waals surface area contributed by atoms with E-state index in [0.717, 1.165) is 23.2 Å². The molecule has 3 heterocycles. The molecule has 2 amide bonds. The molecule has 7 nitrogen and oxygen atoms in total. The van der Waals surface area contributed by atoms with Crippen molar-refractivity contribution >= 4 is 51.2 Å². The van der Waals surface area contributed by atoms with E-state index < -0.39 is 28.6 Å². The minimum absolute atomic E-state index is 0.0738. The van der Waals surface area contributed by atoms with Gasteiger partial charge in [-0.15, -0.1) is 18.3 Å². The zero-order chi connectivity index (χ0) is 25.5. The predicted molar refractivity (Wildman–Crippen MR) is 141 cm³/mol. The van der Waals surface area contributed by atoms with Crippen molar-refractivity contribution in [3.05, 3.63) is 42.0 Å². The maximum absolute atomic E-state index is 14.5. The van der Waals surface area contributed by atoms with E-state index in [0.29, 0.717) is 32.4 Å². The number of unbranched alkanes of at least 4 members (excludes halogenated alkanes) is 2. The van der Waals surface area contributed by atoms with Crippen molar-refractivity contribution in [3.8, 4) is 0 Å². The Morgan fingerprint density at radius 2 is 1.97 bits per heavy atom. The molecular weight excluding hydrogens is 532 g/mol. The van der Waals surface area contributed by atoms with Crippen molar-refractivity contribution in [2.24, 2.45) is 11.8 Å².